The molecule has 5 heteroatoms. The second kappa shape index (κ2) is 4.86. The third kappa shape index (κ3) is 2.55. The fourth-order valence-corrected chi connectivity index (χ4v) is 1.51. The number of esters is 1. The van der Waals surface area contributed by atoms with Crippen LogP contribution >= 0.6 is 0 Å². The largest absolute Gasteiger partial charge is 0.444 e. The maximum absolute atomic E-state index is 11.6. The van der Waals surface area contributed by atoms with Crippen LogP contribution in [0, 0.1) is 0 Å². The predicted octanol–water partition coefficient (Wildman–Crippen LogP) is 1.53. The molecule has 5 nitrogen and oxygen atoms in total. The lowest BCUT2D eigenvalue weighted by atomic mass is 10.2. The lowest BCUT2D eigenvalue weighted by Crippen LogP contribution is -2.36. The quantitative estimate of drug-likeness (QED) is 0.729. The molecule has 0 spiro atoms. The summed E-state index contributed by atoms with van der Waals surface area (Å²) in [6.45, 7) is 1.77. The van der Waals surface area contributed by atoms with Gasteiger partial charge in [-0.2, -0.15) is 0 Å². The van der Waals surface area contributed by atoms with Gasteiger partial charge in [-0.3, -0.25) is 4.90 Å². The van der Waals surface area contributed by atoms with Crippen molar-refractivity contribution in [2.45, 2.75) is 19.6 Å². The average Bonchev–Trinajstić information content (AvgIpc) is 2.69. The minimum Gasteiger partial charge on any atom is -0.444 e. The first-order valence-electron chi connectivity index (χ1n) is 5.32. The SMILES string of the molecule is C[C@H]1C(=O)OCN1C(=O)OCc1ccccc1. The van der Waals surface area contributed by atoms with E-state index >= 15 is 0 Å². The van der Waals surface area contributed by atoms with Crippen LogP contribution < -0.4 is 0 Å². The van der Waals surface area contributed by atoms with Crippen LogP contribution in [0.5, 0.6) is 0 Å². The molecular formula is C12H13NO4. The minimum absolute atomic E-state index is 0.0341. The fraction of sp³-hybridized carbons (Fsp3) is 0.333. The van der Waals surface area contributed by atoms with Crippen LogP contribution in [-0.2, 0) is 20.9 Å². The highest BCUT2D eigenvalue weighted by molar-refractivity contribution is 5.83. The first-order valence-corrected chi connectivity index (χ1v) is 5.32. The number of hydrogen-bond donors (Lipinski definition) is 0. The van der Waals surface area contributed by atoms with E-state index < -0.39 is 18.1 Å². The van der Waals surface area contributed by atoms with Gasteiger partial charge in [-0.25, -0.2) is 9.59 Å². The van der Waals surface area contributed by atoms with Gasteiger partial charge in [0.25, 0.3) is 0 Å². The van der Waals surface area contributed by atoms with Crippen LogP contribution in [0.1, 0.15) is 12.5 Å². The molecule has 0 unspecified atom stereocenters. The van der Waals surface area contributed by atoms with Gasteiger partial charge in [-0.1, -0.05) is 30.3 Å². The molecule has 0 aliphatic carbocycles. The van der Waals surface area contributed by atoms with Crippen LogP contribution in [0.25, 0.3) is 0 Å². The van der Waals surface area contributed by atoms with Crippen molar-refractivity contribution < 1.29 is 19.1 Å². The molecule has 1 saturated heterocycles. The van der Waals surface area contributed by atoms with Gasteiger partial charge in [0.1, 0.15) is 12.6 Å². The molecule has 1 heterocycles. The summed E-state index contributed by atoms with van der Waals surface area (Å²) in [5.41, 5.74) is 0.903. The molecule has 1 aliphatic heterocycles. The van der Waals surface area contributed by atoms with Crippen LogP contribution in [0.3, 0.4) is 0 Å². The third-order valence-corrected chi connectivity index (χ3v) is 2.59. The normalized spacial score (nSPS) is 19.0. The summed E-state index contributed by atoms with van der Waals surface area (Å²) in [7, 11) is 0. The van der Waals surface area contributed by atoms with Crippen molar-refractivity contribution in [3.05, 3.63) is 35.9 Å². The minimum atomic E-state index is -0.571. The number of nitrogens with zero attached hydrogens (tertiary/aromatic N) is 1. The molecule has 1 fully saturated rings. The Labute approximate surface area is 98.9 Å². The van der Waals surface area contributed by atoms with E-state index in [4.69, 9.17) is 9.47 Å². The average molecular weight is 235 g/mol. The second-order valence-electron chi connectivity index (χ2n) is 3.78. The summed E-state index contributed by atoms with van der Waals surface area (Å²) >= 11 is 0. The van der Waals surface area contributed by atoms with E-state index in [0.717, 1.165) is 5.56 Å². The van der Waals surface area contributed by atoms with Crippen molar-refractivity contribution in [1.29, 1.82) is 0 Å². The molecule has 1 aromatic rings. The zero-order valence-electron chi connectivity index (χ0n) is 9.46. The van der Waals surface area contributed by atoms with Crippen molar-refractivity contribution in [2.75, 3.05) is 6.73 Å². The zero-order valence-corrected chi connectivity index (χ0v) is 9.46. The molecule has 1 aliphatic rings. The lowest BCUT2D eigenvalue weighted by Gasteiger charge is -2.16. The van der Waals surface area contributed by atoms with Gasteiger partial charge < -0.3 is 9.47 Å². The summed E-state index contributed by atoms with van der Waals surface area (Å²) in [4.78, 5) is 24.0. The molecule has 1 amide bonds. The molecule has 90 valence electrons. The van der Waals surface area contributed by atoms with E-state index in [1.54, 1.807) is 6.92 Å². The van der Waals surface area contributed by atoms with E-state index in [1.807, 2.05) is 30.3 Å². The topological polar surface area (TPSA) is 55.8 Å². The molecule has 0 saturated carbocycles. The van der Waals surface area contributed by atoms with Gasteiger partial charge in [0.05, 0.1) is 0 Å². The van der Waals surface area contributed by atoms with Crippen molar-refractivity contribution >= 4 is 12.1 Å². The van der Waals surface area contributed by atoms with E-state index in [9.17, 15) is 9.59 Å². The number of benzene rings is 1. The molecule has 2 rings (SSSR count). The Morgan fingerprint density at radius 2 is 2.18 bits per heavy atom. The van der Waals surface area contributed by atoms with Crippen molar-refractivity contribution in [3.63, 3.8) is 0 Å². The maximum Gasteiger partial charge on any atom is 0.413 e. The molecular weight excluding hydrogens is 222 g/mol. The number of amides is 1. The van der Waals surface area contributed by atoms with Gasteiger partial charge in [0, 0.05) is 0 Å². The Hall–Kier alpha value is -2.04. The number of ether oxygens (including phenoxy) is 2. The lowest BCUT2D eigenvalue weighted by molar-refractivity contribution is -0.138. The molecule has 0 N–H and O–H groups in total. The summed E-state index contributed by atoms with van der Waals surface area (Å²) in [5.74, 6) is -0.401. The van der Waals surface area contributed by atoms with E-state index in [2.05, 4.69) is 0 Å². The monoisotopic (exact) mass is 235 g/mol. The Kier molecular flexibility index (Phi) is 3.27. The Morgan fingerprint density at radius 1 is 1.47 bits per heavy atom. The van der Waals surface area contributed by atoms with Crippen LogP contribution in [0.4, 0.5) is 4.79 Å². The van der Waals surface area contributed by atoms with Crippen LogP contribution in [0.15, 0.2) is 30.3 Å². The predicted molar refractivity (Wildman–Crippen MR) is 58.9 cm³/mol. The molecule has 17 heavy (non-hydrogen) atoms. The van der Waals surface area contributed by atoms with Crippen molar-refractivity contribution in [1.82, 2.24) is 4.90 Å². The molecule has 0 radical (unpaired) electrons. The van der Waals surface area contributed by atoms with E-state index in [0.29, 0.717) is 0 Å². The Balaban J connectivity index is 1.88. The first kappa shape index (κ1) is 11.4. The highest BCUT2D eigenvalue weighted by Gasteiger charge is 2.35. The van der Waals surface area contributed by atoms with E-state index in [1.165, 1.54) is 4.90 Å². The number of carbonyl (C=O) groups is 2. The van der Waals surface area contributed by atoms with Gasteiger partial charge >= 0.3 is 12.1 Å². The molecule has 1 aromatic carbocycles. The van der Waals surface area contributed by atoms with Crippen molar-refractivity contribution in [2.24, 2.45) is 0 Å². The summed E-state index contributed by atoms with van der Waals surface area (Å²) in [5, 5.41) is 0. The van der Waals surface area contributed by atoms with Crippen LogP contribution in [0.2, 0.25) is 0 Å². The molecule has 0 bridgehead atoms. The molecule has 1 atom stereocenters. The van der Waals surface area contributed by atoms with Gasteiger partial charge in [0.2, 0.25) is 0 Å². The highest BCUT2D eigenvalue weighted by atomic mass is 16.6. The van der Waals surface area contributed by atoms with Gasteiger partial charge in [-0.05, 0) is 12.5 Å². The smallest absolute Gasteiger partial charge is 0.413 e. The van der Waals surface area contributed by atoms with E-state index in [-0.39, 0.29) is 13.3 Å². The fourth-order valence-electron chi connectivity index (χ4n) is 1.51. The maximum atomic E-state index is 11.6. The summed E-state index contributed by atoms with van der Waals surface area (Å²) < 4.78 is 9.82. The summed E-state index contributed by atoms with van der Waals surface area (Å²) in [6.07, 6.45) is -0.535. The van der Waals surface area contributed by atoms with Gasteiger partial charge in [-0.15, -0.1) is 0 Å². The molecule has 0 aromatic heterocycles. The number of hydrogen-bond acceptors (Lipinski definition) is 4. The van der Waals surface area contributed by atoms with Gasteiger partial charge in [0.15, 0.2) is 6.73 Å². The standard InChI is InChI=1S/C12H13NO4/c1-9-11(14)17-8-13(9)12(15)16-7-10-5-3-2-4-6-10/h2-6,9H,7-8H2,1H3/t9-/m0/s1. The number of carbonyl (C=O) groups excluding carboxylic acids is 2. The highest BCUT2D eigenvalue weighted by Crippen LogP contribution is 2.12. The zero-order chi connectivity index (χ0) is 12.3. The number of cyclic esters (lactones) is 1. The second-order valence-corrected chi connectivity index (χ2v) is 3.78. The Morgan fingerprint density at radius 3 is 2.76 bits per heavy atom. The first-order chi connectivity index (χ1) is 8.18. The van der Waals surface area contributed by atoms with Crippen LogP contribution in [-0.4, -0.2) is 29.7 Å². The van der Waals surface area contributed by atoms with Crippen molar-refractivity contribution in [3.8, 4) is 0 Å². The Bertz CT molecular complexity index is 418. The third-order valence-electron chi connectivity index (χ3n) is 2.59. The summed E-state index contributed by atoms with van der Waals surface area (Å²) in [6, 6.07) is 8.78. The number of rotatable bonds is 2.